The molecule has 0 saturated heterocycles. The molecular weight excluding hydrogens is 393 g/mol. The zero-order valence-corrected chi connectivity index (χ0v) is 14.0. The van der Waals surface area contributed by atoms with Gasteiger partial charge in [-0.2, -0.15) is 13.2 Å². The van der Waals surface area contributed by atoms with Crippen molar-refractivity contribution in [3.05, 3.63) is 58.1 Å². The van der Waals surface area contributed by atoms with E-state index in [1.807, 2.05) is 0 Å². The molecule has 0 aliphatic rings. The average molecular weight is 403 g/mol. The number of nitrogens with zero attached hydrogens (tertiary/aromatic N) is 1. The lowest BCUT2D eigenvalue weighted by atomic mass is 10.2. The van der Waals surface area contributed by atoms with Crippen molar-refractivity contribution in [1.29, 1.82) is 0 Å². The number of rotatable bonds is 4. The van der Waals surface area contributed by atoms with Gasteiger partial charge in [0.1, 0.15) is 12.3 Å². The Morgan fingerprint density at radius 2 is 1.79 bits per heavy atom. The molecule has 0 bridgehead atoms. The average Bonchev–Trinajstić information content (AvgIpc) is 2.92. The lowest BCUT2D eigenvalue weighted by molar-refractivity contribution is -0.141. The van der Waals surface area contributed by atoms with Crippen LogP contribution in [0, 0.1) is 11.6 Å². The Kier molecular flexibility index (Phi) is 4.84. The molecule has 0 aliphatic heterocycles. The van der Waals surface area contributed by atoms with E-state index in [-0.39, 0.29) is 29.0 Å². The number of ether oxygens (including phenoxy) is 2. The number of hydrogen-bond donors (Lipinski definition) is 0. The first kappa shape index (κ1) is 19.4. The minimum absolute atomic E-state index is 0.0506. The van der Waals surface area contributed by atoms with Crippen molar-refractivity contribution in [3.8, 4) is 11.5 Å². The summed E-state index contributed by atoms with van der Waals surface area (Å²) in [6.45, 7) is -0.491. The first-order valence-corrected chi connectivity index (χ1v) is 7.54. The predicted molar refractivity (Wildman–Crippen MR) is 83.9 cm³/mol. The third-order valence-corrected chi connectivity index (χ3v) is 3.70. The summed E-state index contributed by atoms with van der Waals surface area (Å²) < 4.78 is 81.0. The van der Waals surface area contributed by atoms with Crippen LogP contribution in [0.1, 0.15) is 5.56 Å². The number of oxazole rings is 1. The molecule has 1 heterocycles. The van der Waals surface area contributed by atoms with Gasteiger partial charge in [-0.1, -0.05) is 0 Å². The molecule has 6 nitrogen and oxygen atoms in total. The monoisotopic (exact) mass is 403 g/mol. The molecule has 0 saturated carbocycles. The number of hydrogen-bond acceptors (Lipinski definition) is 5. The van der Waals surface area contributed by atoms with Crippen molar-refractivity contribution < 1.29 is 40.6 Å². The molecule has 3 aromatic rings. The second kappa shape index (κ2) is 6.98. The quantitative estimate of drug-likeness (QED) is 0.489. The van der Waals surface area contributed by atoms with Gasteiger partial charge in [0.05, 0.1) is 18.2 Å². The summed E-state index contributed by atoms with van der Waals surface area (Å²) in [7, 11) is 1.11. The van der Waals surface area contributed by atoms with Crippen LogP contribution in [-0.2, 0) is 22.3 Å². The van der Waals surface area contributed by atoms with E-state index in [0.717, 1.165) is 17.7 Å². The molecule has 0 unspecified atom stereocenters. The highest BCUT2D eigenvalue weighted by atomic mass is 19.4. The minimum Gasteiger partial charge on any atom is -0.468 e. The van der Waals surface area contributed by atoms with Crippen LogP contribution >= 0.6 is 0 Å². The van der Waals surface area contributed by atoms with Crippen molar-refractivity contribution in [2.45, 2.75) is 12.7 Å². The lowest BCUT2D eigenvalue weighted by Crippen LogP contribution is -2.20. The molecule has 0 atom stereocenters. The first-order chi connectivity index (χ1) is 13.1. The highest BCUT2D eigenvalue weighted by Gasteiger charge is 2.33. The predicted octanol–water partition coefficient (Wildman–Crippen LogP) is 3.86. The Labute approximate surface area is 152 Å². The van der Waals surface area contributed by atoms with Gasteiger partial charge in [-0.15, -0.1) is 0 Å². The molecule has 0 aliphatic carbocycles. The van der Waals surface area contributed by atoms with Crippen LogP contribution in [0.3, 0.4) is 0 Å². The standard InChI is InChI=1S/C17H10F5NO5/c1-26-14(24)7-23-12-6-9(2-3-13(12)28-16(23)25)27-15-10(18)4-8(5-11(15)19)17(20,21)22/h2-6H,7H2,1H3. The van der Waals surface area contributed by atoms with E-state index < -0.39 is 47.4 Å². The van der Waals surface area contributed by atoms with Crippen molar-refractivity contribution in [2.75, 3.05) is 7.11 Å². The number of carbonyl (C=O) groups excluding carboxylic acids is 1. The Balaban J connectivity index is 2.00. The normalized spacial score (nSPS) is 11.6. The highest BCUT2D eigenvalue weighted by Crippen LogP contribution is 2.36. The van der Waals surface area contributed by atoms with Crippen LogP contribution < -0.4 is 10.5 Å². The van der Waals surface area contributed by atoms with Crippen molar-refractivity contribution in [3.63, 3.8) is 0 Å². The lowest BCUT2D eigenvalue weighted by Gasteiger charge is -2.12. The summed E-state index contributed by atoms with van der Waals surface area (Å²) in [4.78, 5) is 23.2. The Bertz CT molecular complexity index is 1090. The zero-order chi connectivity index (χ0) is 20.6. The molecule has 0 fully saturated rings. The van der Waals surface area contributed by atoms with Gasteiger partial charge in [0, 0.05) is 6.07 Å². The third kappa shape index (κ3) is 3.68. The summed E-state index contributed by atoms with van der Waals surface area (Å²) in [6, 6.07) is 3.76. The number of esters is 1. The Morgan fingerprint density at radius 1 is 1.14 bits per heavy atom. The number of methoxy groups -OCH3 is 1. The molecule has 11 heteroatoms. The molecule has 1 aromatic heterocycles. The van der Waals surface area contributed by atoms with Gasteiger partial charge < -0.3 is 13.9 Å². The van der Waals surface area contributed by atoms with E-state index in [9.17, 15) is 31.5 Å². The summed E-state index contributed by atoms with van der Waals surface area (Å²) in [5.41, 5.74) is -1.40. The van der Waals surface area contributed by atoms with E-state index in [4.69, 9.17) is 9.15 Å². The molecule has 148 valence electrons. The Hall–Kier alpha value is -3.37. The zero-order valence-electron chi connectivity index (χ0n) is 14.0. The fourth-order valence-corrected chi connectivity index (χ4v) is 2.39. The largest absolute Gasteiger partial charge is 0.468 e. The fraction of sp³-hybridized carbons (Fsp3) is 0.176. The molecular formula is C17H10F5NO5. The first-order valence-electron chi connectivity index (χ1n) is 7.54. The molecule has 28 heavy (non-hydrogen) atoms. The van der Waals surface area contributed by atoms with Gasteiger partial charge in [0.15, 0.2) is 23.0 Å². The van der Waals surface area contributed by atoms with Crippen LogP contribution in [0.4, 0.5) is 22.0 Å². The Morgan fingerprint density at radius 3 is 2.36 bits per heavy atom. The van der Waals surface area contributed by atoms with Gasteiger partial charge in [-0.3, -0.25) is 9.36 Å². The van der Waals surface area contributed by atoms with Crippen LogP contribution in [0.25, 0.3) is 11.1 Å². The maximum absolute atomic E-state index is 13.9. The second-order valence-electron chi connectivity index (χ2n) is 5.53. The number of carbonyl (C=O) groups is 1. The highest BCUT2D eigenvalue weighted by molar-refractivity contribution is 5.77. The minimum atomic E-state index is -4.93. The van der Waals surface area contributed by atoms with E-state index in [1.165, 1.54) is 12.1 Å². The van der Waals surface area contributed by atoms with E-state index in [2.05, 4.69) is 4.74 Å². The van der Waals surface area contributed by atoms with Crippen LogP contribution in [0.15, 0.2) is 39.5 Å². The smallest absolute Gasteiger partial charge is 0.420 e. The number of benzene rings is 2. The molecule has 0 amide bonds. The van der Waals surface area contributed by atoms with Crippen LogP contribution in [0.2, 0.25) is 0 Å². The van der Waals surface area contributed by atoms with Gasteiger partial charge in [0.25, 0.3) is 0 Å². The van der Waals surface area contributed by atoms with Crippen LogP contribution in [0.5, 0.6) is 11.5 Å². The van der Waals surface area contributed by atoms with Crippen molar-refractivity contribution in [2.24, 2.45) is 0 Å². The van der Waals surface area contributed by atoms with Crippen molar-refractivity contribution >= 4 is 17.1 Å². The summed E-state index contributed by atoms with van der Waals surface area (Å²) >= 11 is 0. The topological polar surface area (TPSA) is 70.7 Å². The fourth-order valence-electron chi connectivity index (χ4n) is 2.39. The van der Waals surface area contributed by atoms with Gasteiger partial charge in [-0.05, 0) is 24.3 Å². The van der Waals surface area contributed by atoms with Gasteiger partial charge in [0.2, 0.25) is 0 Å². The maximum Gasteiger partial charge on any atom is 0.420 e. The molecule has 0 N–H and O–H groups in total. The number of aromatic nitrogens is 1. The number of alkyl halides is 3. The van der Waals surface area contributed by atoms with E-state index >= 15 is 0 Å². The van der Waals surface area contributed by atoms with Crippen molar-refractivity contribution in [1.82, 2.24) is 4.57 Å². The van der Waals surface area contributed by atoms with Gasteiger partial charge in [-0.25, -0.2) is 13.6 Å². The van der Waals surface area contributed by atoms with Crippen LogP contribution in [-0.4, -0.2) is 17.6 Å². The SMILES string of the molecule is COC(=O)Cn1c(=O)oc2ccc(Oc3c(F)cc(C(F)(F)F)cc3F)cc21. The summed E-state index contributed by atoms with van der Waals surface area (Å²) in [5.74, 6) is -6.03. The molecule has 3 rings (SSSR count). The molecule has 0 radical (unpaired) electrons. The number of fused-ring (bicyclic) bond motifs is 1. The molecule has 0 spiro atoms. The molecule has 2 aromatic carbocycles. The summed E-state index contributed by atoms with van der Waals surface area (Å²) in [5, 5.41) is 0. The van der Waals surface area contributed by atoms with E-state index in [1.54, 1.807) is 0 Å². The second-order valence-corrected chi connectivity index (χ2v) is 5.53. The maximum atomic E-state index is 13.9. The number of halogens is 5. The summed E-state index contributed by atoms with van der Waals surface area (Å²) in [6.07, 6.45) is -4.93. The third-order valence-electron chi connectivity index (χ3n) is 3.70. The van der Waals surface area contributed by atoms with E-state index in [0.29, 0.717) is 0 Å². The van der Waals surface area contributed by atoms with Gasteiger partial charge >= 0.3 is 17.9 Å².